The van der Waals surface area contributed by atoms with Gasteiger partial charge in [0, 0.05) is 18.9 Å². The number of aromatic nitrogens is 2. The molecule has 1 amide bonds. The number of amides is 1. The highest BCUT2D eigenvalue weighted by Gasteiger charge is 2.00. The number of nitriles is 1. The molecule has 0 bridgehead atoms. The van der Waals surface area contributed by atoms with Crippen molar-refractivity contribution < 1.29 is 4.79 Å². The Kier molecular flexibility index (Phi) is 4.89. The smallest absolute Gasteiger partial charge is 0.234 e. The van der Waals surface area contributed by atoms with Crippen molar-refractivity contribution in [3.63, 3.8) is 0 Å². The first-order chi connectivity index (χ1) is 7.72. The Morgan fingerprint density at radius 3 is 2.94 bits per heavy atom. The van der Waals surface area contributed by atoms with Crippen LogP contribution in [0.2, 0.25) is 0 Å². The molecular formula is C10H13N5O. The van der Waals surface area contributed by atoms with Crippen LogP contribution >= 0.6 is 0 Å². The van der Waals surface area contributed by atoms with Gasteiger partial charge in [0.2, 0.25) is 5.91 Å². The van der Waals surface area contributed by atoms with Gasteiger partial charge < -0.3 is 10.6 Å². The Balaban J connectivity index is 2.23. The van der Waals surface area contributed by atoms with Crippen molar-refractivity contribution in [2.75, 3.05) is 13.1 Å². The molecule has 1 aromatic heterocycles. The summed E-state index contributed by atoms with van der Waals surface area (Å²) in [6, 6.07) is 1.83. The molecule has 6 heteroatoms. The maximum absolute atomic E-state index is 11.1. The van der Waals surface area contributed by atoms with Crippen molar-refractivity contribution in [2.45, 2.75) is 13.5 Å². The third-order valence-electron chi connectivity index (χ3n) is 1.79. The highest BCUT2D eigenvalue weighted by Crippen LogP contribution is 1.92. The Morgan fingerprint density at radius 2 is 2.31 bits per heavy atom. The molecule has 0 fully saturated rings. The number of aryl methyl sites for hydroxylation is 1. The highest BCUT2D eigenvalue weighted by atomic mass is 16.1. The maximum atomic E-state index is 11.1. The number of hydrogen-bond acceptors (Lipinski definition) is 5. The Bertz CT molecular complexity index is 381. The predicted molar refractivity (Wildman–Crippen MR) is 57.1 cm³/mol. The summed E-state index contributed by atoms with van der Waals surface area (Å²) in [4.78, 5) is 19.3. The van der Waals surface area contributed by atoms with Crippen LogP contribution in [0.5, 0.6) is 0 Å². The number of nitrogens with zero attached hydrogens (tertiary/aromatic N) is 3. The SMILES string of the molecule is Cc1cnc(CNCC(=O)NCC#N)cn1. The van der Waals surface area contributed by atoms with E-state index < -0.39 is 0 Å². The van der Waals surface area contributed by atoms with E-state index in [1.807, 2.05) is 13.0 Å². The minimum atomic E-state index is -0.207. The van der Waals surface area contributed by atoms with E-state index in [4.69, 9.17) is 5.26 Å². The summed E-state index contributed by atoms with van der Waals surface area (Å²) in [7, 11) is 0. The van der Waals surface area contributed by atoms with E-state index in [2.05, 4.69) is 20.6 Å². The molecule has 0 saturated carbocycles. The van der Waals surface area contributed by atoms with E-state index in [0.29, 0.717) is 6.54 Å². The topological polar surface area (TPSA) is 90.7 Å². The van der Waals surface area contributed by atoms with Crippen molar-refractivity contribution in [3.8, 4) is 6.07 Å². The minimum Gasteiger partial charge on any atom is -0.342 e. The molecule has 16 heavy (non-hydrogen) atoms. The van der Waals surface area contributed by atoms with Gasteiger partial charge in [0.1, 0.15) is 6.54 Å². The molecule has 0 unspecified atom stereocenters. The molecule has 0 aliphatic heterocycles. The van der Waals surface area contributed by atoms with E-state index in [1.165, 1.54) is 0 Å². The summed E-state index contributed by atoms with van der Waals surface area (Å²) >= 11 is 0. The zero-order chi connectivity index (χ0) is 11.8. The van der Waals surface area contributed by atoms with Gasteiger partial charge in [-0.1, -0.05) is 0 Å². The van der Waals surface area contributed by atoms with E-state index in [-0.39, 0.29) is 19.0 Å². The van der Waals surface area contributed by atoms with Gasteiger partial charge in [-0.25, -0.2) is 0 Å². The molecular weight excluding hydrogens is 206 g/mol. The van der Waals surface area contributed by atoms with E-state index in [1.54, 1.807) is 12.4 Å². The number of hydrogen-bond donors (Lipinski definition) is 2. The normalized spacial score (nSPS) is 9.50. The van der Waals surface area contributed by atoms with Crippen molar-refractivity contribution in [2.24, 2.45) is 0 Å². The molecule has 6 nitrogen and oxygen atoms in total. The third kappa shape index (κ3) is 4.48. The van der Waals surface area contributed by atoms with Gasteiger partial charge >= 0.3 is 0 Å². The molecule has 1 heterocycles. The van der Waals surface area contributed by atoms with Crippen LogP contribution in [0, 0.1) is 18.3 Å². The first kappa shape index (κ1) is 12.1. The molecule has 84 valence electrons. The summed E-state index contributed by atoms with van der Waals surface area (Å²) in [6.45, 7) is 2.54. The second kappa shape index (κ2) is 6.48. The zero-order valence-electron chi connectivity index (χ0n) is 9.03. The Morgan fingerprint density at radius 1 is 1.50 bits per heavy atom. The Labute approximate surface area is 93.7 Å². The summed E-state index contributed by atoms with van der Waals surface area (Å²) in [6.07, 6.45) is 3.34. The van der Waals surface area contributed by atoms with E-state index in [0.717, 1.165) is 11.4 Å². The molecule has 1 rings (SSSR count). The lowest BCUT2D eigenvalue weighted by atomic mass is 10.4. The van der Waals surface area contributed by atoms with Crippen molar-refractivity contribution in [1.82, 2.24) is 20.6 Å². The van der Waals surface area contributed by atoms with Gasteiger partial charge in [0.05, 0.1) is 24.0 Å². The van der Waals surface area contributed by atoms with Gasteiger partial charge in [-0.3, -0.25) is 14.8 Å². The maximum Gasteiger partial charge on any atom is 0.234 e. The van der Waals surface area contributed by atoms with Crippen LogP contribution in [0.3, 0.4) is 0 Å². The lowest BCUT2D eigenvalue weighted by Gasteiger charge is -2.03. The number of carbonyl (C=O) groups excluding carboxylic acids is 1. The molecule has 0 aliphatic rings. The number of nitrogens with one attached hydrogen (secondary N) is 2. The number of rotatable bonds is 5. The van der Waals surface area contributed by atoms with Gasteiger partial charge in [0.15, 0.2) is 0 Å². The van der Waals surface area contributed by atoms with Crippen molar-refractivity contribution in [3.05, 3.63) is 23.8 Å². The van der Waals surface area contributed by atoms with E-state index >= 15 is 0 Å². The molecule has 0 aromatic carbocycles. The molecule has 0 spiro atoms. The van der Waals surface area contributed by atoms with Crippen LogP contribution < -0.4 is 10.6 Å². The summed E-state index contributed by atoms with van der Waals surface area (Å²) in [5.41, 5.74) is 1.63. The average molecular weight is 219 g/mol. The summed E-state index contributed by atoms with van der Waals surface area (Å²) in [5, 5.41) is 13.6. The van der Waals surface area contributed by atoms with Crippen LogP contribution in [0.25, 0.3) is 0 Å². The highest BCUT2D eigenvalue weighted by molar-refractivity contribution is 5.78. The first-order valence-electron chi connectivity index (χ1n) is 4.84. The molecule has 1 aromatic rings. The molecule has 0 aliphatic carbocycles. The largest absolute Gasteiger partial charge is 0.342 e. The molecule has 2 N–H and O–H groups in total. The molecule has 0 radical (unpaired) electrons. The van der Waals surface area contributed by atoms with Gasteiger partial charge in [-0.15, -0.1) is 0 Å². The van der Waals surface area contributed by atoms with Crippen molar-refractivity contribution >= 4 is 5.91 Å². The second-order valence-corrected chi connectivity index (χ2v) is 3.19. The third-order valence-corrected chi connectivity index (χ3v) is 1.79. The summed E-state index contributed by atoms with van der Waals surface area (Å²) in [5.74, 6) is -0.207. The van der Waals surface area contributed by atoms with Crippen LogP contribution in [-0.4, -0.2) is 29.0 Å². The lowest BCUT2D eigenvalue weighted by molar-refractivity contribution is -0.120. The zero-order valence-corrected chi connectivity index (χ0v) is 9.03. The predicted octanol–water partition coefficient (Wildman–Crippen LogP) is -0.486. The monoisotopic (exact) mass is 219 g/mol. The summed E-state index contributed by atoms with van der Waals surface area (Å²) < 4.78 is 0. The van der Waals surface area contributed by atoms with Crippen LogP contribution in [0.1, 0.15) is 11.4 Å². The second-order valence-electron chi connectivity index (χ2n) is 3.19. The first-order valence-corrected chi connectivity index (χ1v) is 4.84. The van der Waals surface area contributed by atoms with Crippen LogP contribution in [-0.2, 0) is 11.3 Å². The van der Waals surface area contributed by atoms with Crippen LogP contribution in [0.15, 0.2) is 12.4 Å². The van der Waals surface area contributed by atoms with E-state index in [9.17, 15) is 4.79 Å². The van der Waals surface area contributed by atoms with Gasteiger partial charge in [-0.2, -0.15) is 5.26 Å². The quantitative estimate of drug-likeness (QED) is 0.652. The average Bonchev–Trinajstić information content (AvgIpc) is 2.29. The molecule has 0 atom stereocenters. The lowest BCUT2D eigenvalue weighted by Crippen LogP contribution is -2.33. The fourth-order valence-electron chi connectivity index (χ4n) is 1.02. The van der Waals surface area contributed by atoms with Crippen molar-refractivity contribution in [1.29, 1.82) is 5.26 Å². The molecule has 0 saturated heterocycles. The minimum absolute atomic E-state index is 0.0326. The van der Waals surface area contributed by atoms with Crippen LogP contribution in [0.4, 0.5) is 0 Å². The number of carbonyl (C=O) groups is 1. The standard InChI is InChI=1S/C10H13N5O/c1-8-4-15-9(6-14-8)5-12-7-10(16)13-3-2-11/h4,6,12H,3,5,7H2,1H3,(H,13,16). The van der Waals surface area contributed by atoms with Gasteiger partial charge in [-0.05, 0) is 6.92 Å². The fourth-order valence-corrected chi connectivity index (χ4v) is 1.02. The fraction of sp³-hybridized carbons (Fsp3) is 0.400. The Hall–Kier alpha value is -2.00. The van der Waals surface area contributed by atoms with Gasteiger partial charge in [0.25, 0.3) is 0 Å².